The number of carbonyl (C=O) groups excluding carboxylic acids is 1. The SMILES string of the molecule is CC(C)(C(=O)N1CCNCC12CCCCC2)S(C)(=O)=O. The summed E-state index contributed by atoms with van der Waals surface area (Å²) in [6.07, 6.45) is 6.55. The van der Waals surface area contributed by atoms with Crippen LogP contribution < -0.4 is 5.32 Å². The van der Waals surface area contributed by atoms with E-state index in [1.807, 2.05) is 4.90 Å². The molecule has 0 aromatic carbocycles. The monoisotopic (exact) mass is 302 g/mol. The third kappa shape index (κ3) is 2.60. The third-order valence-electron chi connectivity index (χ3n) is 5.01. The minimum Gasteiger partial charge on any atom is -0.333 e. The first kappa shape index (κ1) is 15.8. The van der Waals surface area contributed by atoms with Crippen LogP contribution in [-0.4, -0.2) is 55.4 Å². The zero-order valence-corrected chi connectivity index (χ0v) is 13.6. The molecular weight excluding hydrogens is 276 g/mol. The quantitative estimate of drug-likeness (QED) is 0.824. The highest BCUT2D eigenvalue weighted by Gasteiger charge is 2.49. The Bertz CT molecular complexity index is 470. The summed E-state index contributed by atoms with van der Waals surface area (Å²) in [5, 5.41) is 3.38. The molecule has 20 heavy (non-hydrogen) atoms. The van der Waals surface area contributed by atoms with Gasteiger partial charge in [0.1, 0.15) is 4.75 Å². The molecule has 1 amide bonds. The zero-order chi connectivity index (χ0) is 15.0. The van der Waals surface area contributed by atoms with Gasteiger partial charge in [0.25, 0.3) is 0 Å². The molecule has 2 fully saturated rings. The van der Waals surface area contributed by atoms with Gasteiger partial charge in [0.15, 0.2) is 9.84 Å². The first-order chi connectivity index (χ1) is 9.21. The predicted octanol–water partition coefficient (Wildman–Crippen LogP) is 0.944. The molecule has 1 saturated heterocycles. The highest BCUT2D eigenvalue weighted by Crippen LogP contribution is 2.36. The van der Waals surface area contributed by atoms with Crippen molar-refractivity contribution in [2.75, 3.05) is 25.9 Å². The second kappa shape index (κ2) is 5.30. The molecule has 1 heterocycles. The number of amides is 1. The van der Waals surface area contributed by atoms with Crippen LogP contribution >= 0.6 is 0 Å². The highest BCUT2D eigenvalue weighted by molar-refractivity contribution is 7.92. The van der Waals surface area contributed by atoms with Gasteiger partial charge in [-0.05, 0) is 26.7 Å². The van der Waals surface area contributed by atoms with Gasteiger partial charge < -0.3 is 10.2 Å². The average Bonchev–Trinajstić information content (AvgIpc) is 2.38. The number of sulfone groups is 1. The number of nitrogens with zero attached hydrogens (tertiary/aromatic N) is 1. The molecule has 0 unspecified atom stereocenters. The molecule has 0 aromatic rings. The molecular formula is C14H26N2O3S. The molecule has 116 valence electrons. The van der Waals surface area contributed by atoms with Crippen LogP contribution in [0, 0.1) is 0 Å². The lowest BCUT2D eigenvalue weighted by Crippen LogP contribution is -2.67. The van der Waals surface area contributed by atoms with Crippen LogP contribution in [0.1, 0.15) is 46.0 Å². The van der Waals surface area contributed by atoms with Gasteiger partial charge in [0.2, 0.25) is 5.91 Å². The van der Waals surface area contributed by atoms with Crippen LogP contribution in [0.5, 0.6) is 0 Å². The van der Waals surface area contributed by atoms with E-state index in [1.165, 1.54) is 20.3 Å². The van der Waals surface area contributed by atoms with Crippen molar-refractivity contribution in [1.82, 2.24) is 10.2 Å². The average molecular weight is 302 g/mol. The maximum absolute atomic E-state index is 12.9. The standard InChI is InChI=1S/C14H26N2O3S/c1-13(2,20(3,18)19)12(17)16-10-9-15-11-14(16)7-5-4-6-8-14/h15H,4-11H2,1-3H3. The van der Waals surface area contributed by atoms with Gasteiger partial charge in [-0.3, -0.25) is 4.79 Å². The second-order valence-electron chi connectivity index (χ2n) is 6.70. The minimum atomic E-state index is -3.42. The van der Waals surface area contributed by atoms with Crippen LogP contribution in [0.2, 0.25) is 0 Å². The van der Waals surface area contributed by atoms with Crippen molar-refractivity contribution in [3.05, 3.63) is 0 Å². The van der Waals surface area contributed by atoms with Crippen molar-refractivity contribution in [2.45, 2.75) is 56.2 Å². The van der Waals surface area contributed by atoms with Gasteiger partial charge in [0, 0.05) is 25.9 Å². The molecule has 5 nitrogen and oxygen atoms in total. The summed E-state index contributed by atoms with van der Waals surface area (Å²) in [4.78, 5) is 14.7. The number of nitrogens with one attached hydrogen (secondary N) is 1. The maximum Gasteiger partial charge on any atom is 0.243 e. The van der Waals surface area contributed by atoms with E-state index in [4.69, 9.17) is 0 Å². The van der Waals surface area contributed by atoms with Crippen molar-refractivity contribution < 1.29 is 13.2 Å². The fourth-order valence-corrected chi connectivity index (χ4v) is 3.73. The fraction of sp³-hybridized carbons (Fsp3) is 0.929. The van der Waals surface area contributed by atoms with Gasteiger partial charge in [-0.2, -0.15) is 0 Å². The predicted molar refractivity (Wildman–Crippen MR) is 79.3 cm³/mol. The molecule has 0 atom stereocenters. The summed E-state index contributed by atoms with van der Waals surface area (Å²) in [5.41, 5.74) is -0.171. The number of carbonyl (C=O) groups is 1. The van der Waals surface area contributed by atoms with Gasteiger partial charge in [0.05, 0.1) is 5.54 Å². The topological polar surface area (TPSA) is 66.5 Å². The summed E-state index contributed by atoms with van der Waals surface area (Å²) in [6.45, 7) is 5.20. The van der Waals surface area contributed by atoms with E-state index in [2.05, 4.69) is 5.32 Å². The van der Waals surface area contributed by atoms with E-state index in [-0.39, 0.29) is 11.4 Å². The van der Waals surface area contributed by atoms with Crippen LogP contribution in [0.4, 0.5) is 0 Å². The summed E-state index contributed by atoms with van der Waals surface area (Å²) in [5.74, 6) is -0.233. The molecule has 1 saturated carbocycles. The van der Waals surface area contributed by atoms with Crippen molar-refractivity contribution in [2.24, 2.45) is 0 Å². The molecule has 2 rings (SSSR count). The number of rotatable bonds is 2. The Morgan fingerprint density at radius 3 is 2.35 bits per heavy atom. The lowest BCUT2D eigenvalue weighted by molar-refractivity contribution is -0.143. The van der Waals surface area contributed by atoms with Crippen molar-refractivity contribution in [1.29, 1.82) is 0 Å². The Morgan fingerprint density at radius 2 is 1.80 bits per heavy atom. The summed E-state index contributed by atoms with van der Waals surface area (Å²) < 4.78 is 22.6. The smallest absolute Gasteiger partial charge is 0.243 e. The van der Waals surface area contributed by atoms with E-state index in [0.717, 1.165) is 45.0 Å². The second-order valence-corrected chi connectivity index (χ2v) is 9.27. The normalized spacial score (nSPS) is 23.9. The molecule has 0 radical (unpaired) electrons. The molecule has 1 aliphatic heterocycles. The lowest BCUT2D eigenvalue weighted by Gasteiger charge is -2.51. The third-order valence-corrected chi connectivity index (χ3v) is 7.04. The molecule has 0 aromatic heterocycles. The highest BCUT2D eigenvalue weighted by atomic mass is 32.2. The van der Waals surface area contributed by atoms with E-state index in [9.17, 15) is 13.2 Å². The summed E-state index contributed by atoms with van der Waals surface area (Å²) in [6, 6.07) is 0. The molecule has 1 aliphatic carbocycles. The van der Waals surface area contributed by atoms with Crippen LogP contribution in [0.25, 0.3) is 0 Å². The van der Waals surface area contributed by atoms with E-state index >= 15 is 0 Å². The molecule has 1 N–H and O–H groups in total. The Balaban J connectivity index is 2.31. The maximum atomic E-state index is 12.9. The molecule has 6 heteroatoms. The number of hydrogen-bond acceptors (Lipinski definition) is 4. The summed E-state index contributed by atoms with van der Waals surface area (Å²) in [7, 11) is -3.42. The molecule has 1 spiro atoms. The Kier molecular flexibility index (Phi) is 4.17. The first-order valence-electron chi connectivity index (χ1n) is 7.43. The molecule has 2 aliphatic rings. The van der Waals surface area contributed by atoms with Crippen LogP contribution in [0.3, 0.4) is 0 Å². The van der Waals surface area contributed by atoms with Gasteiger partial charge in [-0.15, -0.1) is 0 Å². The van der Waals surface area contributed by atoms with Crippen LogP contribution in [0.15, 0.2) is 0 Å². The van der Waals surface area contributed by atoms with E-state index in [1.54, 1.807) is 0 Å². The van der Waals surface area contributed by atoms with Gasteiger partial charge >= 0.3 is 0 Å². The fourth-order valence-electron chi connectivity index (χ4n) is 3.30. The lowest BCUT2D eigenvalue weighted by atomic mass is 9.78. The number of piperazine rings is 1. The van der Waals surface area contributed by atoms with Crippen LogP contribution in [-0.2, 0) is 14.6 Å². The van der Waals surface area contributed by atoms with Crippen molar-refractivity contribution in [3.8, 4) is 0 Å². The molecule has 0 bridgehead atoms. The zero-order valence-electron chi connectivity index (χ0n) is 12.7. The minimum absolute atomic E-state index is 0.171. The van der Waals surface area contributed by atoms with Crippen molar-refractivity contribution in [3.63, 3.8) is 0 Å². The van der Waals surface area contributed by atoms with Crippen molar-refractivity contribution >= 4 is 15.7 Å². The van der Waals surface area contributed by atoms with Gasteiger partial charge in [-0.1, -0.05) is 19.3 Å². The Hall–Kier alpha value is -0.620. The first-order valence-corrected chi connectivity index (χ1v) is 9.32. The number of hydrogen-bond donors (Lipinski definition) is 1. The Labute approximate surface area is 122 Å². The van der Waals surface area contributed by atoms with Gasteiger partial charge in [-0.25, -0.2) is 8.42 Å². The largest absolute Gasteiger partial charge is 0.333 e. The Morgan fingerprint density at radius 1 is 1.20 bits per heavy atom. The van der Waals surface area contributed by atoms with E-state index in [0.29, 0.717) is 6.54 Å². The summed E-state index contributed by atoms with van der Waals surface area (Å²) >= 11 is 0. The van der Waals surface area contributed by atoms with E-state index < -0.39 is 14.6 Å².